The van der Waals surface area contributed by atoms with Crippen molar-refractivity contribution in [2.75, 3.05) is 19.6 Å². The molecule has 0 aromatic heterocycles. The normalized spacial score (nSPS) is 39.6. The third kappa shape index (κ3) is 1.46. The van der Waals surface area contributed by atoms with Crippen LogP contribution in [0.4, 0.5) is 0 Å². The van der Waals surface area contributed by atoms with Gasteiger partial charge in [-0.1, -0.05) is 0 Å². The van der Waals surface area contributed by atoms with Gasteiger partial charge in [-0.05, 0) is 31.8 Å². The number of nitrogens with one attached hydrogen (secondary N) is 1. The summed E-state index contributed by atoms with van der Waals surface area (Å²) in [6.45, 7) is 5.16. The molecule has 1 unspecified atom stereocenters. The van der Waals surface area contributed by atoms with Gasteiger partial charge in [0.2, 0.25) is 5.91 Å². The molecule has 1 atom stereocenters. The van der Waals surface area contributed by atoms with E-state index >= 15 is 0 Å². The first-order chi connectivity index (χ1) is 5.75. The summed E-state index contributed by atoms with van der Waals surface area (Å²) in [5, 5.41) is 3.03. The van der Waals surface area contributed by atoms with E-state index in [4.69, 9.17) is 0 Å². The lowest BCUT2D eigenvalue weighted by Crippen LogP contribution is -2.56. The molecule has 3 rings (SSSR count). The van der Waals surface area contributed by atoms with Crippen molar-refractivity contribution in [3.05, 3.63) is 0 Å². The van der Waals surface area contributed by atoms with Gasteiger partial charge in [-0.2, -0.15) is 0 Å². The molecule has 3 aliphatic heterocycles. The molecule has 3 fully saturated rings. The Balaban J connectivity index is 1.95. The van der Waals surface area contributed by atoms with Crippen molar-refractivity contribution in [2.45, 2.75) is 25.8 Å². The van der Waals surface area contributed by atoms with Gasteiger partial charge in [-0.3, -0.25) is 4.79 Å². The van der Waals surface area contributed by atoms with Crippen molar-refractivity contribution in [3.8, 4) is 0 Å². The zero-order valence-electron chi connectivity index (χ0n) is 7.55. The Morgan fingerprint density at radius 3 is 2.50 bits per heavy atom. The van der Waals surface area contributed by atoms with Gasteiger partial charge in [0.15, 0.2) is 0 Å². The molecule has 3 heterocycles. The summed E-state index contributed by atoms with van der Waals surface area (Å²) in [6.07, 6.45) is 2.54. The zero-order chi connectivity index (χ0) is 8.55. The van der Waals surface area contributed by atoms with Gasteiger partial charge in [0.1, 0.15) is 0 Å². The third-order valence-corrected chi connectivity index (χ3v) is 3.04. The monoisotopic (exact) mass is 168 g/mol. The summed E-state index contributed by atoms with van der Waals surface area (Å²) in [5.74, 6) is 0.868. The van der Waals surface area contributed by atoms with E-state index in [0.29, 0.717) is 6.04 Å². The highest BCUT2D eigenvalue weighted by atomic mass is 16.1. The van der Waals surface area contributed by atoms with Gasteiger partial charge in [0.05, 0.1) is 0 Å². The van der Waals surface area contributed by atoms with Crippen LogP contribution >= 0.6 is 0 Å². The average molecular weight is 168 g/mol. The van der Waals surface area contributed by atoms with Crippen LogP contribution in [0, 0.1) is 5.92 Å². The van der Waals surface area contributed by atoms with E-state index in [0.717, 1.165) is 12.5 Å². The summed E-state index contributed by atoms with van der Waals surface area (Å²) in [5.41, 5.74) is 0. The van der Waals surface area contributed by atoms with Gasteiger partial charge >= 0.3 is 0 Å². The predicted octanol–water partition coefficient (Wildman–Crippen LogP) is 0.217. The number of amides is 1. The lowest BCUT2D eigenvalue weighted by molar-refractivity contribution is -0.121. The summed E-state index contributed by atoms with van der Waals surface area (Å²) >= 11 is 0. The number of hydrogen-bond acceptors (Lipinski definition) is 2. The van der Waals surface area contributed by atoms with Gasteiger partial charge in [0.25, 0.3) is 0 Å². The molecule has 0 radical (unpaired) electrons. The second kappa shape index (κ2) is 3.05. The Morgan fingerprint density at radius 1 is 1.42 bits per heavy atom. The molecule has 0 spiro atoms. The van der Waals surface area contributed by atoms with Crippen molar-refractivity contribution in [1.82, 2.24) is 10.2 Å². The lowest BCUT2D eigenvalue weighted by Gasteiger charge is -2.44. The molecule has 3 saturated heterocycles. The lowest BCUT2D eigenvalue weighted by atomic mass is 9.84. The predicted molar refractivity (Wildman–Crippen MR) is 46.8 cm³/mol. The molecular formula is C9H16N2O. The number of carbonyl (C=O) groups is 1. The van der Waals surface area contributed by atoms with Gasteiger partial charge in [-0.15, -0.1) is 0 Å². The van der Waals surface area contributed by atoms with Crippen LogP contribution in [-0.2, 0) is 4.79 Å². The third-order valence-electron chi connectivity index (χ3n) is 3.04. The molecule has 0 aromatic carbocycles. The van der Waals surface area contributed by atoms with Crippen molar-refractivity contribution in [3.63, 3.8) is 0 Å². The highest BCUT2D eigenvalue weighted by molar-refractivity contribution is 5.73. The van der Waals surface area contributed by atoms with Crippen LogP contribution in [0.2, 0.25) is 0 Å². The number of hydrogen-bond donors (Lipinski definition) is 1. The second-order valence-electron chi connectivity index (χ2n) is 3.95. The first kappa shape index (κ1) is 8.05. The molecule has 1 N–H and O–H groups in total. The fourth-order valence-electron chi connectivity index (χ4n) is 2.39. The maximum atomic E-state index is 10.9. The molecule has 2 bridgehead atoms. The van der Waals surface area contributed by atoms with E-state index in [1.165, 1.54) is 25.9 Å². The fourth-order valence-corrected chi connectivity index (χ4v) is 2.39. The van der Waals surface area contributed by atoms with Crippen LogP contribution in [-0.4, -0.2) is 36.5 Å². The molecule has 0 saturated carbocycles. The molecule has 0 aliphatic carbocycles. The van der Waals surface area contributed by atoms with Crippen LogP contribution in [0.3, 0.4) is 0 Å². The topological polar surface area (TPSA) is 32.3 Å². The largest absolute Gasteiger partial charge is 0.352 e. The first-order valence-electron chi connectivity index (χ1n) is 4.75. The van der Waals surface area contributed by atoms with Crippen molar-refractivity contribution >= 4 is 5.91 Å². The fraction of sp³-hybridized carbons (Fsp3) is 0.889. The number of fused-ring (bicyclic) bond motifs is 3. The maximum absolute atomic E-state index is 10.9. The maximum Gasteiger partial charge on any atom is 0.217 e. The van der Waals surface area contributed by atoms with Crippen LogP contribution in [0.25, 0.3) is 0 Å². The molecule has 1 amide bonds. The van der Waals surface area contributed by atoms with Gasteiger partial charge in [-0.25, -0.2) is 0 Å². The Bertz CT molecular complexity index is 185. The van der Waals surface area contributed by atoms with E-state index < -0.39 is 0 Å². The molecule has 68 valence electrons. The SMILES string of the molecule is CC(=O)NC1C[N@]2CC[C@H]1CC2. The standard InChI is InChI=1S/C9H16N2O/c1-7(12)10-9-6-11-4-2-8(9)3-5-11/h8-9H,2-6H2,1H3,(H,10,12). The minimum atomic E-state index is 0.119. The van der Waals surface area contributed by atoms with E-state index in [1.54, 1.807) is 6.92 Å². The van der Waals surface area contributed by atoms with E-state index in [2.05, 4.69) is 10.2 Å². The number of piperidine rings is 3. The molecule has 0 aromatic rings. The average Bonchev–Trinajstić information content (AvgIpc) is 2.05. The van der Waals surface area contributed by atoms with E-state index in [9.17, 15) is 4.79 Å². The molecular weight excluding hydrogens is 152 g/mol. The number of carbonyl (C=O) groups excluding carboxylic acids is 1. The minimum absolute atomic E-state index is 0.119. The Kier molecular flexibility index (Phi) is 2.05. The molecule has 3 nitrogen and oxygen atoms in total. The quantitative estimate of drug-likeness (QED) is 0.607. The second-order valence-corrected chi connectivity index (χ2v) is 3.95. The minimum Gasteiger partial charge on any atom is -0.352 e. The number of rotatable bonds is 1. The van der Waals surface area contributed by atoms with Crippen molar-refractivity contribution in [1.29, 1.82) is 0 Å². The van der Waals surface area contributed by atoms with Crippen LogP contribution in [0.15, 0.2) is 0 Å². The van der Waals surface area contributed by atoms with Crippen molar-refractivity contribution in [2.24, 2.45) is 5.92 Å². The summed E-state index contributed by atoms with van der Waals surface area (Å²) in [4.78, 5) is 13.3. The highest BCUT2D eigenvalue weighted by Crippen LogP contribution is 2.27. The van der Waals surface area contributed by atoms with E-state index in [1.807, 2.05) is 0 Å². The van der Waals surface area contributed by atoms with Crippen LogP contribution in [0.1, 0.15) is 19.8 Å². The highest BCUT2D eigenvalue weighted by Gasteiger charge is 2.34. The van der Waals surface area contributed by atoms with Crippen LogP contribution in [0.5, 0.6) is 0 Å². The Hall–Kier alpha value is -0.570. The molecule has 3 aliphatic rings. The summed E-state index contributed by atoms with van der Waals surface area (Å²) < 4.78 is 0. The summed E-state index contributed by atoms with van der Waals surface area (Å²) in [6, 6.07) is 0.435. The molecule has 12 heavy (non-hydrogen) atoms. The van der Waals surface area contributed by atoms with Gasteiger partial charge in [0, 0.05) is 19.5 Å². The van der Waals surface area contributed by atoms with E-state index in [-0.39, 0.29) is 5.91 Å². The van der Waals surface area contributed by atoms with Crippen molar-refractivity contribution < 1.29 is 4.79 Å². The van der Waals surface area contributed by atoms with Gasteiger partial charge < -0.3 is 10.2 Å². The molecule has 3 heteroatoms. The zero-order valence-corrected chi connectivity index (χ0v) is 7.55. The first-order valence-corrected chi connectivity index (χ1v) is 4.75. The smallest absolute Gasteiger partial charge is 0.217 e. The Labute approximate surface area is 73.1 Å². The van der Waals surface area contributed by atoms with Crippen LogP contribution < -0.4 is 5.32 Å². The Morgan fingerprint density at radius 2 is 2.08 bits per heavy atom. The summed E-state index contributed by atoms with van der Waals surface area (Å²) in [7, 11) is 0. The number of nitrogens with zero attached hydrogens (tertiary/aromatic N) is 1.